The number of nitrogens with one attached hydrogen (secondary N) is 2. The van der Waals surface area contributed by atoms with E-state index in [9.17, 15) is 9.90 Å². The summed E-state index contributed by atoms with van der Waals surface area (Å²) < 4.78 is 0. The highest BCUT2D eigenvalue weighted by atomic mass is 16.3. The summed E-state index contributed by atoms with van der Waals surface area (Å²) in [6, 6.07) is 9.82. The minimum atomic E-state index is -0.0770. The Hall–Kier alpha value is -2.57. The van der Waals surface area contributed by atoms with Gasteiger partial charge in [-0.2, -0.15) is 0 Å². The van der Waals surface area contributed by atoms with Gasteiger partial charge in [-0.05, 0) is 48.2 Å². The minimum Gasteiger partial charge on any atom is -0.392 e. The van der Waals surface area contributed by atoms with Gasteiger partial charge in [-0.1, -0.05) is 25.1 Å². The number of aliphatic hydroxyl groups is 1. The maximum Gasteiger partial charge on any atom is 0.251 e. The zero-order valence-corrected chi connectivity index (χ0v) is 16.1. The van der Waals surface area contributed by atoms with Crippen molar-refractivity contribution in [3.63, 3.8) is 0 Å². The molecule has 2 unspecified atom stereocenters. The Balaban J connectivity index is 1.56. The van der Waals surface area contributed by atoms with Crippen LogP contribution in [0.2, 0.25) is 0 Å². The van der Waals surface area contributed by atoms with Crippen LogP contribution in [0.25, 0.3) is 0 Å². The highest BCUT2D eigenvalue weighted by Gasteiger charge is 2.27. The van der Waals surface area contributed by atoms with Gasteiger partial charge in [0.2, 0.25) is 0 Å². The zero-order chi connectivity index (χ0) is 19.5. The normalized spacial score (nSPS) is 22.4. The van der Waals surface area contributed by atoms with E-state index in [1.807, 2.05) is 6.07 Å². The van der Waals surface area contributed by atoms with Crippen molar-refractivity contribution >= 4 is 17.4 Å². The number of aliphatic hydroxyl groups excluding tert-OH is 1. The molecule has 6 nitrogen and oxygen atoms in total. The van der Waals surface area contributed by atoms with E-state index in [1.54, 1.807) is 18.3 Å². The Labute approximate surface area is 165 Å². The quantitative estimate of drug-likeness (QED) is 0.746. The Morgan fingerprint density at radius 1 is 1.36 bits per heavy atom. The summed E-state index contributed by atoms with van der Waals surface area (Å²) in [7, 11) is 0. The number of pyridine rings is 1. The average Bonchev–Trinajstić information content (AvgIpc) is 3.34. The standard InChI is InChI=1S/C22H26N4O2/c1-2-18-19-4-3-14(13-27)9-16(19)10-20(18)26-21-11-15(5-8-24-21)22(28)25-17-6-7-23-12-17/h3-5,8-9,11,17-18,23,27H,2,6-7,10,12-13H2,1H3,(H,25,28). The first-order valence-corrected chi connectivity index (χ1v) is 9.95. The first-order valence-electron chi connectivity index (χ1n) is 9.95. The number of carbonyl (C=O) groups excluding carboxylic acids is 1. The third kappa shape index (κ3) is 3.84. The predicted molar refractivity (Wildman–Crippen MR) is 109 cm³/mol. The van der Waals surface area contributed by atoms with Gasteiger partial charge in [-0.15, -0.1) is 0 Å². The molecule has 146 valence electrons. The maximum atomic E-state index is 12.5. The lowest BCUT2D eigenvalue weighted by atomic mass is 9.97. The number of aliphatic imine (C=N–C) groups is 1. The van der Waals surface area contributed by atoms with Crippen molar-refractivity contribution in [1.29, 1.82) is 0 Å². The van der Waals surface area contributed by atoms with Gasteiger partial charge >= 0.3 is 0 Å². The van der Waals surface area contributed by atoms with Crippen molar-refractivity contribution in [2.24, 2.45) is 4.99 Å². The third-order valence-electron chi connectivity index (χ3n) is 5.61. The van der Waals surface area contributed by atoms with Crippen LogP contribution in [0, 0.1) is 0 Å². The summed E-state index contributed by atoms with van der Waals surface area (Å²) in [6.07, 6.45) is 4.32. The number of benzene rings is 1. The zero-order valence-electron chi connectivity index (χ0n) is 16.1. The molecule has 2 aromatic rings. The van der Waals surface area contributed by atoms with Crippen LogP contribution in [-0.4, -0.2) is 40.8 Å². The van der Waals surface area contributed by atoms with E-state index in [0.29, 0.717) is 11.4 Å². The predicted octanol–water partition coefficient (Wildman–Crippen LogP) is 2.49. The van der Waals surface area contributed by atoms with Gasteiger partial charge in [0.15, 0.2) is 5.82 Å². The van der Waals surface area contributed by atoms with E-state index in [0.717, 1.165) is 43.6 Å². The van der Waals surface area contributed by atoms with Gasteiger partial charge in [0.05, 0.1) is 6.61 Å². The topological polar surface area (TPSA) is 86.6 Å². The number of hydrogen-bond donors (Lipinski definition) is 3. The summed E-state index contributed by atoms with van der Waals surface area (Å²) in [5.74, 6) is 0.749. The summed E-state index contributed by atoms with van der Waals surface area (Å²) in [6.45, 7) is 3.96. The lowest BCUT2D eigenvalue weighted by Crippen LogP contribution is -2.36. The Kier molecular flexibility index (Phi) is 5.50. The number of hydrogen-bond acceptors (Lipinski definition) is 5. The number of carbonyl (C=O) groups is 1. The SMILES string of the molecule is CCC1C(=Nc2cc(C(=O)NC3CCNC3)ccn2)Cc2cc(CO)ccc21. The van der Waals surface area contributed by atoms with Crippen LogP contribution in [0.3, 0.4) is 0 Å². The molecule has 4 rings (SSSR count). The van der Waals surface area contributed by atoms with Crippen molar-refractivity contribution in [3.05, 3.63) is 58.8 Å². The summed E-state index contributed by atoms with van der Waals surface area (Å²) in [5.41, 5.74) is 5.08. The second kappa shape index (κ2) is 8.20. The fraction of sp³-hybridized carbons (Fsp3) is 0.409. The van der Waals surface area contributed by atoms with Crippen LogP contribution in [0.15, 0.2) is 41.5 Å². The highest BCUT2D eigenvalue weighted by Crippen LogP contribution is 2.35. The second-order valence-corrected chi connectivity index (χ2v) is 7.50. The molecule has 6 heteroatoms. The van der Waals surface area contributed by atoms with Crippen molar-refractivity contribution in [3.8, 4) is 0 Å². The van der Waals surface area contributed by atoms with E-state index in [4.69, 9.17) is 4.99 Å². The van der Waals surface area contributed by atoms with Crippen molar-refractivity contribution in [2.45, 2.75) is 44.8 Å². The molecule has 0 spiro atoms. The van der Waals surface area contributed by atoms with E-state index in [2.05, 4.69) is 34.7 Å². The molecule has 1 amide bonds. The molecule has 1 aromatic heterocycles. The maximum absolute atomic E-state index is 12.5. The number of rotatable bonds is 5. The van der Waals surface area contributed by atoms with Gasteiger partial charge in [0.1, 0.15) is 0 Å². The van der Waals surface area contributed by atoms with Crippen LogP contribution in [-0.2, 0) is 13.0 Å². The van der Waals surface area contributed by atoms with Crippen LogP contribution >= 0.6 is 0 Å². The lowest BCUT2D eigenvalue weighted by molar-refractivity contribution is 0.0940. The number of nitrogens with zero attached hydrogens (tertiary/aromatic N) is 2. The first kappa shape index (κ1) is 18.8. The van der Waals surface area contributed by atoms with E-state index in [1.165, 1.54) is 11.1 Å². The van der Waals surface area contributed by atoms with Gasteiger partial charge in [0.25, 0.3) is 5.91 Å². The van der Waals surface area contributed by atoms with Crippen molar-refractivity contribution in [2.75, 3.05) is 13.1 Å². The Bertz CT molecular complexity index is 903. The largest absolute Gasteiger partial charge is 0.392 e. The van der Waals surface area contributed by atoms with Crippen LogP contribution in [0.1, 0.15) is 52.7 Å². The van der Waals surface area contributed by atoms with Crippen molar-refractivity contribution in [1.82, 2.24) is 15.6 Å². The summed E-state index contributed by atoms with van der Waals surface area (Å²) in [4.78, 5) is 21.7. The fourth-order valence-corrected chi connectivity index (χ4v) is 4.14. The monoisotopic (exact) mass is 378 g/mol. The third-order valence-corrected chi connectivity index (χ3v) is 5.61. The first-order chi connectivity index (χ1) is 13.7. The fourth-order valence-electron chi connectivity index (χ4n) is 4.14. The number of aromatic nitrogens is 1. The Morgan fingerprint density at radius 3 is 3.00 bits per heavy atom. The number of amides is 1. The van der Waals surface area contributed by atoms with Crippen LogP contribution in [0.5, 0.6) is 0 Å². The second-order valence-electron chi connectivity index (χ2n) is 7.50. The van der Waals surface area contributed by atoms with Gasteiger partial charge < -0.3 is 15.7 Å². The smallest absolute Gasteiger partial charge is 0.251 e. The molecule has 3 N–H and O–H groups in total. The molecule has 1 saturated heterocycles. The molecule has 2 aliphatic rings. The van der Waals surface area contributed by atoms with Gasteiger partial charge in [0, 0.05) is 42.4 Å². The lowest BCUT2D eigenvalue weighted by Gasteiger charge is -2.12. The van der Waals surface area contributed by atoms with E-state index < -0.39 is 0 Å². The highest BCUT2D eigenvalue weighted by molar-refractivity contribution is 5.99. The van der Waals surface area contributed by atoms with E-state index >= 15 is 0 Å². The molecular formula is C22H26N4O2. The molecule has 0 radical (unpaired) electrons. The molecule has 1 aromatic carbocycles. The molecule has 0 bridgehead atoms. The van der Waals surface area contributed by atoms with Gasteiger partial charge in [-0.25, -0.2) is 9.98 Å². The van der Waals surface area contributed by atoms with E-state index in [-0.39, 0.29) is 24.5 Å². The summed E-state index contributed by atoms with van der Waals surface area (Å²) in [5, 5.41) is 15.7. The number of fused-ring (bicyclic) bond motifs is 1. The molecule has 1 aliphatic carbocycles. The molecular weight excluding hydrogens is 352 g/mol. The minimum absolute atomic E-state index is 0.0474. The molecule has 0 saturated carbocycles. The van der Waals surface area contributed by atoms with Crippen LogP contribution < -0.4 is 10.6 Å². The molecule has 1 aliphatic heterocycles. The molecule has 2 atom stereocenters. The van der Waals surface area contributed by atoms with Crippen LogP contribution in [0.4, 0.5) is 5.82 Å². The van der Waals surface area contributed by atoms with Gasteiger partial charge in [-0.3, -0.25) is 4.79 Å². The average molecular weight is 378 g/mol. The van der Waals surface area contributed by atoms with Crippen molar-refractivity contribution < 1.29 is 9.90 Å². The summed E-state index contributed by atoms with van der Waals surface area (Å²) >= 11 is 0. The molecule has 28 heavy (non-hydrogen) atoms. The molecule has 1 fully saturated rings. The Morgan fingerprint density at radius 2 is 2.25 bits per heavy atom. The molecule has 2 heterocycles.